The maximum Gasteiger partial charge on any atom is 1.00 e. The Kier molecular flexibility index (Phi) is 12.8. The van der Waals surface area contributed by atoms with Gasteiger partial charge in [0.05, 0.1) is 19.2 Å². The molecule has 0 fully saturated rings. The van der Waals surface area contributed by atoms with Gasteiger partial charge in [0.25, 0.3) is 0 Å². The third kappa shape index (κ3) is 8.32. The van der Waals surface area contributed by atoms with Gasteiger partial charge in [-0.3, -0.25) is 9.59 Å². The van der Waals surface area contributed by atoms with Crippen LogP contribution in [0.25, 0.3) is 10.2 Å². The molecule has 35 heavy (non-hydrogen) atoms. The van der Waals surface area contributed by atoms with Crippen LogP contribution in [-0.2, 0) is 24.4 Å². The Morgan fingerprint density at radius 3 is 2.49 bits per heavy atom. The Bertz CT molecular complexity index is 1380. The van der Waals surface area contributed by atoms with Gasteiger partial charge in [-0.25, -0.2) is 0 Å². The second kappa shape index (κ2) is 14.6. The molecule has 0 aliphatic rings. The van der Waals surface area contributed by atoms with Crippen LogP contribution in [0.15, 0.2) is 58.7 Å². The van der Waals surface area contributed by atoms with E-state index in [0.29, 0.717) is 22.2 Å². The van der Waals surface area contributed by atoms with Crippen molar-refractivity contribution in [2.75, 3.05) is 0 Å². The molecule has 0 amide bonds. The Hall–Kier alpha value is -0.347. The Balaban J connectivity index is 0.00000216. The molecule has 0 aliphatic heterocycles. The molecule has 0 bridgehead atoms. The van der Waals surface area contributed by atoms with Crippen molar-refractivity contribution in [2.45, 2.75) is 33.0 Å². The van der Waals surface area contributed by atoms with Crippen LogP contribution in [-0.4, -0.2) is 16.7 Å². The van der Waals surface area contributed by atoms with E-state index in [1.54, 1.807) is 17.5 Å². The summed E-state index contributed by atoms with van der Waals surface area (Å²) in [5.41, 5.74) is 3.24. The van der Waals surface area contributed by atoms with Crippen LogP contribution in [0.1, 0.15) is 49.7 Å². The standard InChI is InChI=1S/C25H22N2O5S.2K/c1-15-3-2-4-16(11-15)7-10-20(28)22-26-23(29)21-19(14-33-24(21)27-22)13-32-12-17-5-8-18(9-6-17)25(30)31;;/h2-6,8-9,11,14H,7,10,12-13H2,1H3,(H2,26,27,29,30,31);;/q;2*+1/p-2. The molecular formula is C25H20K2N2O5S. The second-order valence-corrected chi connectivity index (χ2v) is 8.54. The normalized spacial score (nSPS) is 10.4. The molecule has 0 saturated carbocycles. The first kappa shape index (κ1) is 30.9. The quantitative estimate of drug-likeness (QED) is 0.163. The summed E-state index contributed by atoms with van der Waals surface area (Å²) >= 11 is 1.27. The zero-order valence-electron chi connectivity index (χ0n) is 19.9. The van der Waals surface area contributed by atoms with Gasteiger partial charge in [-0.1, -0.05) is 54.1 Å². The monoisotopic (exact) mass is 538 g/mol. The molecule has 168 valence electrons. The summed E-state index contributed by atoms with van der Waals surface area (Å²) < 4.78 is 5.68. The minimum absolute atomic E-state index is 0. The first-order valence-corrected chi connectivity index (χ1v) is 11.2. The first-order chi connectivity index (χ1) is 15.9. The van der Waals surface area contributed by atoms with Crippen LogP contribution in [0.5, 0.6) is 0 Å². The molecule has 10 heteroatoms. The molecule has 2 aromatic heterocycles. The molecule has 4 rings (SSSR count). The molecule has 0 spiro atoms. The number of fused-ring (bicyclic) bond motifs is 1. The number of carboxylic acid groups (broad SMARTS) is 1. The van der Waals surface area contributed by atoms with E-state index in [-0.39, 0.29) is 140 Å². The van der Waals surface area contributed by atoms with Crippen LogP contribution in [0.3, 0.4) is 0 Å². The van der Waals surface area contributed by atoms with Crippen molar-refractivity contribution < 1.29 is 122 Å². The SMILES string of the molecule is Cc1cccc(CCC(=O)c2nc3scc(COCc4ccc(C(=O)[O-])cc4)c3c(=O)[n-]2)c1.[K+].[K+]. The number of carbonyl (C=O) groups is 2. The summed E-state index contributed by atoms with van der Waals surface area (Å²) in [6, 6.07) is 14.1. The number of aryl methyl sites for hydroxylation is 2. The van der Waals surface area contributed by atoms with Gasteiger partial charge in [-0.2, -0.15) is 0 Å². The fraction of sp³-hybridized carbons (Fsp3) is 0.200. The van der Waals surface area contributed by atoms with Gasteiger partial charge in [-0.15, -0.1) is 11.3 Å². The van der Waals surface area contributed by atoms with Gasteiger partial charge in [0, 0.05) is 16.6 Å². The van der Waals surface area contributed by atoms with Gasteiger partial charge in [0.2, 0.25) is 0 Å². The number of hydrogen-bond acceptors (Lipinski definition) is 7. The number of Topliss-reactive ketones (excluding diaryl/α,β-unsaturated/α-hetero) is 1. The summed E-state index contributed by atoms with van der Waals surface area (Å²) in [6.07, 6.45) is 0.788. The van der Waals surface area contributed by atoms with Gasteiger partial charge >= 0.3 is 103 Å². The molecule has 0 atom stereocenters. The van der Waals surface area contributed by atoms with Gasteiger partial charge < -0.3 is 24.6 Å². The topological polar surface area (TPSA) is 110 Å². The number of thiophene rings is 1. The van der Waals surface area contributed by atoms with E-state index < -0.39 is 11.5 Å². The average Bonchev–Trinajstić information content (AvgIpc) is 3.21. The van der Waals surface area contributed by atoms with Crippen molar-refractivity contribution in [3.8, 4) is 0 Å². The predicted octanol–water partition coefficient (Wildman–Crippen LogP) is -3.17. The molecule has 7 nitrogen and oxygen atoms in total. The molecule has 0 saturated heterocycles. The van der Waals surface area contributed by atoms with Gasteiger partial charge in [0.15, 0.2) is 11.3 Å². The first-order valence-electron chi connectivity index (χ1n) is 10.3. The minimum Gasteiger partial charge on any atom is -0.545 e. The fourth-order valence-electron chi connectivity index (χ4n) is 3.45. The van der Waals surface area contributed by atoms with E-state index in [1.165, 1.54) is 23.5 Å². The van der Waals surface area contributed by atoms with Gasteiger partial charge in [0.1, 0.15) is 0 Å². The number of carboxylic acids is 1. The van der Waals surface area contributed by atoms with E-state index >= 15 is 0 Å². The maximum absolute atomic E-state index is 12.6. The smallest absolute Gasteiger partial charge is 0.545 e. The zero-order valence-corrected chi connectivity index (χ0v) is 26.9. The Morgan fingerprint density at radius 2 is 1.80 bits per heavy atom. The molecule has 0 unspecified atom stereocenters. The minimum atomic E-state index is -1.23. The van der Waals surface area contributed by atoms with E-state index in [0.717, 1.165) is 16.7 Å². The summed E-state index contributed by atoms with van der Waals surface area (Å²) in [4.78, 5) is 44.7. The number of carbonyl (C=O) groups excluding carboxylic acids is 2. The number of aromatic carboxylic acids is 1. The van der Waals surface area contributed by atoms with E-state index in [4.69, 9.17) is 4.74 Å². The predicted molar refractivity (Wildman–Crippen MR) is 122 cm³/mol. The molecular weight excluding hydrogens is 519 g/mol. The van der Waals surface area contributed by atoms with Crippen LogP contribution in [0.2, 0.25) is 0 Å². The fourth-order valence-corrected chi connectivity index (χ4v) is 4.37. The number of ether oxygens (including phenoxy) is 1. The van der Waals surface area contributed by atoms with Crippen molar-refractivity contribution in [1.29, 1.82) is 0 Å². The van der Waals surface area contributed by atoms with Crippen LogP contribution < -0.4 is 118 Å². The second-order valence-electron chi connectivity index (χ2n) is 7.68. The molecule has 2 heterocycles. The summed E-state index contributed by atoms with van der Waals surface area (Å²) in [5, 5.41) is 13.0. The third-order valence-corrected chi connectivity index (χ3v) is 6.09. The summed E-state index contributed by atoms with van der Waals surface area (Å²) in [7, 11) is 0. The molecule has 0 radical (unpaired) electrons. The van der Waals surface area contributed by atoms with E-state index in [2.05, 4.69) is 9.97 Å². The zero-order chi connectivity index (χ0) is 23.4. The maximum atomic E-state index is 12.6. The molecule has 0 N–H and O–H groups in total. The summed E-state index contributed by atoms with van der Waals surface area (Å²) in [6.45, 7) is 2.41. The van der Waals surface area contributed by atoms with Crippen LogP contribution in [0, 0.1) is 6.92 Å². The van der Waals surface area contributed by atoms with E-state index in [1.807, 2.05) is 31.2 Å². The number of ketones is 1. The largest absolute Gasteiger partial charge is 1.00 e. The summed E-state index contributed by atoms with van der Waals surface area (Å²) in [5.74, 6) is -1.55. The Labute approximate surface area is 291 Å². The number of hydrogen-bond donors (Lipinski definition) is 0. The number of nitrogens with zero attached hydrogens (tertiary/aromatic N) is 2. The molecule has 0 aliphatic carbocycles. The van der Waals surface area contributed by atoms with Crippen molar-refractivity contribution in [3.05, 3.63) is 97.9 Å². The number of rotatable bonds is 9. The molecule has 2 aromatic carbocycles. The van der Waals surface area contributed by atoms with Crippen molar-refractivity contribution >= 4 is 33.3 Å². The average molecular weight is 539 g/mol. The van der Waals surface area contributed by atoms with Crippen molar-refractivity contribution in [2.24, 2.45) is 0 Å². The van der Waals surface area contributed by atoms with Crippen molar-refractivity contribution in [3.63, 3.8) is 0 Å². The Morgan fingerprint density at radius 1 is 1.06 bits per heavy atom. The number of aromatic nitrogens is 2. The number of benzene rings is 2. The van der Waals surface area contributed by atoms with Crippen LogP contribution in [0.4, 0.5) is 0 Å². The van der Waals surface area contributed by atoms with Crippen molar-refractivity contribution in [1.82, 2.24) is 9.97 Å². The molecule has 4 aromatic rings. The van der Waals surface area contributed by atoms with Crippen LogP contribution >= 0.6 is 11.3 Å². The third-order valence-electron chi connectivity index (χ3n) is 5.17. The van der Waals surface area contributed by atoms with E-state index in [9.17, 15) is 19.5 Å². The van der Waals surface area contributed by atoms with Gasteiger partial charge in [-0.05, 0) is 46.8 Å².